The summed E-state index contributed by atoms with van der Waals surface area (Å²) < 4.78 is 5.24. The summed E-state index contributed by atoms with van der Waals surface area (Å²) in [4.78, 5) is 19.7. The summed E-state index contributed by atoms with van der Waals surface area (Å²) in [5.41, 5.74) is 2.27. The number of thiophene rings is 1. The standard InChI is InChI=1S/C21H27N3O2S.ClH/c1-15-19(16-3-5-18(26-2)6-4-16)13-20(27-15)21(25)24-10-7-17(14-24)23-11-8-22-9-12-23;/h3-6,13,17,22H,7-12,14H2,1-2H3;1H. The predicted octanol–water partition coefficient (Wildman–Crippen LogP) is 3.27. The van der Waals surface area contributed by atoms with Crippen LogP contribution in [0.15, 0.2) is 30.3 Å². The molecule has 0 aliphatic carbocycles. The molecular weight excluding hydrogens is 394 g/mol. The number of rotatable bonds is 4. The van der Waals surface area contributed by atoms with Gasteiger partial charge in [-0.3, -0.25) is 9.69 Å². The molecule has 1 atom stereocenters. The number of benzene rings is 1. The Kier molecular flexibility index (Phi) is 6.99. The Morgan fingerprint density at radius 3 is 2.57 bits per heavy atom. The fourth-order valence-electron chi connectivity index (χ4n) is 4.07. The zero-order valence-corrected chi connectivity index (χ0v) is 18.1. The van der Waals surface area contributed by atoms with Crippen LogP contribution in [0.2, 0.25) is 0 Å². The Hall–Kier alpha value is -1.60. The van der Waals surface area contributed by atoms with Gasteiger partial charge in [-0.2, -0.15) is 0 Å². The summed E-state index contributed by atoms with van der Waals surface area (Å²) in [5.74, 6) is 1.03. The van der Waals surface area contributed by atoms with Crippen LogP contribution in [-0.4, -0.2) is 68.1 Å². The van der Waals surface area contributed by atoms with Gasteiger partial charge in [0.2, 0.25) is 0 Å². The van der Waals surface area contributed by atoms with Gasteiger partial charge in [0.15, 0.2) is 0 Å². The second kappa shape index (κ2) is 9.27. The lowest BCUT2D eigenvalue weighted by molar-refractivity contribution is 0.0778. The van der Waals surface area contributed by atoms with Gasteiger partial charge in [0, 0.05) is 50.2 Å². The summed E-state index contributed by atoms with van der Waals surface area (Å²) in [6, 6.07) is 10.6. The molecule has 3 heterocycles. The molecule has 2 saturated heterocycles. The van der Waals surface area contributed by atoms with E-state index in [1.165, 1.54) is 4.88 Å². The van der Waals surface area contributed by atoms with Gasteiger partial charge in [0.05, 0.1) is 12.0 Å². The second-order valence-electron chi connectivity index (χ2n) is 7.29. The number of amides is 1. The number of carbonyl (C=O) groups is 1. The van der Waals surface area contributed by atoms with E-state index < -0.39 is 0 Å². The molecule has 0 saturated carbocycles. The molecule has 1 N–H and O–H groups in total. The number of aryl methyl sites for hydroxylation is 1. The number of hydrogen-bond donors (Lipinski definition) is 1. The van der Waals surface area contributed by atoms with Gasteiger partial charge >= 0.3 is 0 Å². The fraction of sp³-hybridized carbons (Fsp3) is 0.476. The average Bonchev–Trinajstić information content (AvgIpc) is 3.35. The van der Waals surface area contributed by atoms with Crippen molar-refractivity contribution < 1.29 is 9.53 Å². The van der Waals surface area contributed by atoms with Crippen LogP contribution in [0.5, 0.6) is 5.75 Å². The monoisotopic (exact) mass is 421 g/mol. The number of methoxy groups -OCH3 is 1. The van der Waals surface area contributed by atoms with Crippen molar-refractivity contribution in [3.63, 3.8) is 0 Å². The summed E-state index contributed by atoms with van der Waals surface area (Å²) in [6.45, 7) is 8.10. The normalized spacial score (nSPS) is 20.1. The lowest BCUT2D eigenvalue weighted by Crippen LogP contribution is -2.49. The molecule has 2 fully saturated rings. The van der Waals surface area contributed by atoms with Crippen LogP contribution in [0, 0.1) is 6.92 Å². The first-order valence-corrected chi connectivity index (χ1v) is 10.5. The van der Waals surface area contributed by atoms with Gasteiger partial charge in [0.25, 0.3) is 5.91 Å². The maximum atomic E-state index is 13.1. The van der Waals surface area contributed by atoms with E-state index in [2.05, 4.69) is 35.3 Å². The molecule has 4 rings (SSSR count). The zero-order valence-electron chi connectivity index (χ0n) is 16.4. The Morgan fingerprint density at radius 1 is 1.18 bits per heavy atom. The highest BCUT2D eigenvalue weighted by atomic mass is 35.5. The van der Waals surface area contributed by atoms with E-state index in [0.29, 0.717) is 6.04 Å². The maximum absolute atomic E-state index is 13.1. The van der Waals surface area contributed by atoms with Gasteiger partial charge in [-0.15, -0.1) is 23.7 Å². The van der Waals surface area contributed by atoms with Crippen LogP contribution in [0.25, 0.3) is 11.1 Å². The summed E-state index contributed by atoms with van der Waals surface area (Å²) in [5, 5.41) is 3.40. The van der Waals surface area contributed by atoms with Gasteiger partial charge in [-0.1, -0.05) is 12.1 Å². The van der Waals surface area contributed by atoms with Crippen molar-refractivity contribution in [1.82, 2.24) is 15.1 Å². The number of nitrogens with zero attached hydrogens (tertiary/aromatic N) is 2. The van der Waals surface area contributed by atoms with E-state index in [1.807, 2.05) is 17.0 Å². The Balaban J connectivity index is 0.00000225. The van der Waals surface area contributed by atoms with Crippen LogP contribution < -0.4 is 10.1 Å². The van der Waals surface area contributed by atoms with Crippen LogP contribution >= 0.6 is 23.7 Å². The third-order valence-electron chi connectivity index (χ3n) is 5.65. The predicted molar refractivity (Wildman–Crippen MR) is 117 cm³/mol. The topological polar surface area (TPSA) is 44.8 Å². The van der Waals surface area contributed by atoms with Crippen molar-refractivity contribution in [2.45, 2.75) is 19.4 Å². The quantitative estimate of drug-likeness (QED) is 0.822. The van der Waals surface area contributed by atoms with Crippen molar-refractivity contribution in [1.29, 1.82) is 0 Å². The fourth-order valence-corrected chi connectivity index (χ4v) is 5.08. The molecular formula is C21H28ClN3O2S. The molecule has 5 nitrogen and oxygen atoms in total. The van der Waals surface area contributed by atoms with Gasteiger partial charge in [-0.05, 0) is 42.7 Å². The molecule has 2 aliphatic rings. The van der Waals surface area contributed by atoms with Crippen molar-refractivity contribution in [3.05, 3.63) is 40.1 Å². The van der Waals surface area contributed by atoms with Gasteiger partial charge in [-0.25, -0.2) is 0 Å². The molecule has 1 amide bonds. The molecule has 7 heteroatoms. The van der Waals surface area contributed by atoms with E-state index >= 15 is 0 Å². The molecule has 28 heavy (non-hydrogen) atoms. The molecule has 2 aromatic rings. The Bertz CT molecular complexity index is 802. The van der Waals surface area contributed by atoms with Crippen molar-refractivity contribution >= 4 is 29.7 Å². The number of piperazine rings is 1. The van der Waals surface area contributed by atoms with E-state index in [4.69, 9.17) is 4.74 Å². The third kappa shape index (κ3) is 4.35. The summed E-state index contributed by atoms with van der Waals surface area (Å²) >= 11 is 1.60. The lowest BCUT2D eigenvalue weighted by atomic mass is 10.1. The van der Waals surface area contributed by atoms with Crippen LogP contribution in [-0.2, 0) is 0 Å². The van der Waals surface area contributed by atoms with E-state index in [0.717, 1.165) is 67.4 Å². The minimum atomic E-state index is 0. The number of carbonyl (C=O) groups excluding carboxylic acids is 1. The minimum absolute atomic E-state index is 0. The minimum Gasteiger partial charge on any atom is -0.497 e. The second-order valence-corrected chi connectivity index (χ2v) is 8.54. The van der Waals surface area contributed by atoms with Gasteiger partial charge in [0.1, 0.15) is 5.75 Å². The Morgan fingerprint density at radius 2 is 1.89 bits per heavy atom. The Labute approximate surface area is 177 Å². The number of likely N-dealkylation sites (tertiary alicyclic amines) is 1. The van der Waals surface area contributed by atoms with Crippen LogP contribution in [0.3, 0.4) is 0 Å². The van der Waals surface area contributed by atoms with Crippen molar-refractivity contribution in [2.75, 3.05) is 46.4 Å². The summed E-state index contributed by atoms with van der Waals surface area (Å²) in [7, 11) is 1.67. The van der Waals surface area contributed by atoms with Crippen molar-refractivity contribution in [3.8, 4) is 16.9 Å². The molecule has 1 aromatic carbocycles. The molecule has 1 unspecified atom stereocenters. The average molecular weight is 422 g/mol. The highest BCUT2D eigenvalue weighted by molar-refractivity contribution is 7.14. The van der Waals surface area contributed by atoms with Gasteiger partial charge < -0.3 is 15.0 Å². The van der Waals surface area contributed by atoms with Crippen molar-refractivity contribution in [2.24, 2.45) is 0 Å². The number of nitrogens with one attached hydrogen (secondary N) is 1. The first-order valence-electron chi connectivity index (χ1n) is 9.64. The molecule has 2 aliphatic heterocycles. The van der Waals surface area contributed by atoms with Crippen LogP contribution in [0.4, 0.5) is 0 Å². The van der Waals surface area contributed by atoms with E-state index in [9.17, 15) is 4.79 Å². The molecule has 0 radical (unpaired) electrons. The number of hydrogen-bond acceptors (Lipinski definition) is 5. The smallest absolute Gasteiger partial charge is 0.264 e. The van der Waals surface area contributed by atoms with E-state index in [-0.39, 0.29) is 18.3 Å². The third-order valence-corrected chi connectivity index (χ3v) is 6.69. The number of halogens is 1. The highest BCUT2D eigenvalue weighted by Crippen LogP contribution is 2.33. The first-order chi connectivity index (χ1) is 13.2. The molecule has 0 bridgehead atoms. The summed E-state index contributed by atoms with van der Waals surface area (Å²) in [6.07, 6.45) is 1.08. The van der Waals surface area contributed by atoms with Crippen LogP contribution in [0.1, 0.15) is 21.0 Å². The maximum Gasteiger partial charge on any atom is 0.264 e. The molecule has 0 spiro atoms. The largest absolute Gasteiger partial charge is 0.497 e. The molecule has 1 aromatic heterocycles. The van der Waals surface area contributed by atoms with E-state index in [1.54, 1.807) is 18.4 Å². The zero-order chi connectivity index (χ0) is 18.8. The first kappa shape index (κ1) is 21.1. The SMILES string of the molecule is COc1ccc(-c2cc(C(=O)N3CCC(N4CCNCC4)C3)sc2C)cc1.Cl. The lowest BCUT2D eigenvalue weighted by Gasteiger charge is -2.32. The number of ether oxygens (including phenoxy) is 1. The molecule has 152 valence electrons. The highest BCUT2D eigenvalue weighted by Gasteiger charge is 2.32.